The van der Waals surface area contributed by atoms with Gasteiger partial charge >= 0.3 is 5.97 Å². The Morgan fingerprint density at radius 1 is 0.609 bits per heavy atom. The summed E-state index contributed by atoms with van der Waals surface area (Å²) < 4.78 is 0. The quantitative estimate of drug-likeness (QED) is 0.666. The van der Waals surface area contributed by atoms with Gasteiger partial charge in [0.1, 0.15) is 0 Å². The van der Waals surface area contributed by atoms with Gasteiger partial charge in [-0.15, -0.1) is 0 Å². The first kappa shape index (κ1) is 20.5. The summed E-state index contributed by atoms with van der Waals surface area (Å²) in [6.45, 7) is 2.25. The average Bonchev–Trinajstić information content (AvgIpc) is 2.53. The summed E-state index contributed by atoms with van der Waals surface area (Å²) in [5.74, 6) is -0.682. The van der Waals surface area contributed by atoms with Gasteiger partial charge in [-0.3, -0.25) is 4.79 Å². The topological polar surface area (TPSA) is 49.3 Å². The van der Waals surface area contributed by atoms with Crippen LogP contribution < -0.4 is 5.32 Å². The van der Waals surface area contributed by atoms with Gasteiger partial charge in [0.15, 0.2) is 0 Å². The van der Waals surface area contributed by atoms with Crippen LogP contribution in [0.1, 0.15) is 103 Å². The average molecular weight is 326 g/mol. The molecule has 1 atom stereocenters. The van der Waals surface area contributed by atoms with Crippen LogP contribution in [0.3, 0.4) is 0 Å². The summed E-state index contributed by atoms with van der Waals surface area (Å²) in [5, 5.41) is 12.9. The van der Waals surface area contributed by atoms with Gasteiger partial charge in [-0.2, -0.15) is 0 Å². The molecule has 23 heavy (non-hydrogen) atoms. The highest BCUT2D eigenvalue weighted by molar-refractivity contribution is 5.69. The molecule has 0 saturated carbocycles. The van der Waals surface area contributed by atoms with Crippen molar-refractivity contribution in [2.75, 3.05) is 13.1 Å². The number of carbonyl (C=O) groups is 1. The van der Waals surface area contributed by atoms with Crippen LogP contribution in [0.2, 0.25) is 0 Å². The molecule has 0 aromatic rings. The maximum atomic E-state index is 11.3. The van der Waals surface area contributed by atoms with E-state index in [1.807, 2.05) is 0 Å². The Morgan fingerprint density at radius 3 is 1.39 bits per heavy atom. The third kappa shape index (κ3) is 12.5. The summed E-state index contributed by atoms with van der Waals surface area (Å²) in [7, 11) is 0. The Kier molecular flexibility index (Phi) is 13.3. The molecular weight excluding hydrogens is 286 g/mol. The van der Waals surface area contributed by atoms with E-state index in [0.717, 1.165) is 45.2 Å². The Labute approximate surface area is 143 Å². The summed E-state index contributed by atoms with van der Waals surface area (Å²) in [4.78, 5) is 11.3. The number of hydrogen-bond acceptors (Lipinski definition) is 2. The number of hydrogen-bond donors (Lipinski definition) is 2. The van der Waals surface area contributed by atoms with Crippen molar-refractivity contribution in [3.05, 3.63) is 0 Å². The fourth-order valence-electron chi connectivity index (χ4n) is 3.57. The van der Waals surface area contributed by atoms with E-state index < -0.39 is 5.97 Å². The van der Waals surface area contributed by atoms with E-state index in [0.29, 0.717) is 0 Å². The zero-order chi connectivity index (χ0) is 16.6. The van der Waals surface area contributed by atoms with Crippen LogP contribution >= 0.6 is 0 Å². The van der Waals surface area contributed by atoms with Crippen molar-refractivity contribution in [1.82, 2.24) is 5.32 Å². The number of rotatable bonds is 1. The van der Waals surface area contributed by atoms with E-state index in [-0.39, 0.29) is 5.92 Å². The molecule has 0 amide bonds. The fourth-order valence-corrected chi connectivity index (χ4v) is 3.57. The van der Waals surface area contributed by atoms with Crippen molar-refractivity contribution in [2.24, 2.45) is 5.92 Å². The first-order chi connectivity index (χ1) is 11.3. The van der Waals surface area contributed by atoms with Crippen molar-refractivity contribution in [3.63, 3.8) is 0 Å². The van der Waals surface area contributed by atoms with Crippen molar-refractivity contribution in [3.8, 4) is 0 Å². The highest BCUT2D eigenvalue weighted by atomic mass is 16.4. The lowest BCUT2D eigenvalue weighted by molar-refractivity contribution is -0.142. The molecule has 136 valence electrons. The predicted molar refractivity (Wildman–Crippen MR) is 97.9 cm³/mol. The second-order valence-electron chi connectivity index (χ2n) is 7.31. The second-order valence-corrected chi connectivity index (χ2v) is 7.31. The van der Waals surface area contributed by atoms with Gasteiger partial charge in [-0.25, -0.2) is 0 Å². The molecular formula is C20H39NO2. The van der Waals surface area contributed by atoms with Gasteiger partial charge in [0.25, 0.3) is 0 Å². The summed E-state index contributed by atoms with van der Waals surface area (Å²) in [5.41, 5.74) is 0. The molecule has 1 aliphatic rings. The van der Waals surface area contributed by atoms with Gasteiger partial charge < -0.3 is 10.4 Å². The van der Waals surface area contributed by atoms with Crippen LogP contribution in [0, 0.1) is 5.92 Å². The van der Waals surface area contributed by atoms with Gasteiger partial charge in [0, 0.05) is 0 Å². The van der Waals surface area contributed by atoms with Crippen molar-refractivity contribution >= 4 is 5.97 Å². The van der Waals surface area contributed by atoms with Crippen LogP contribution in [-0.2, 0) is 4.79 Å². The largest absolute Gasteiger partial charge is 0.481 e. The molecule has 1 rings (SSSR count). The standard InChI is InChI=1S/C20H39NO2/c22-20(23)19-15-11-8-6-4-2-1-3-5-7-9-13-17-21-18-14-10-12-16-19/h19,21H,1-18H2,(H,22,23). The lowest BCUT2D eigenvalue weighted by Crippen LogP contribution is -2.17. The Morgan fingerprint density at radius 2 is 0.957 bits per heavy atom. The molecule has 1 heterocycles. The van der Waals surface area contributed by atoms with Crippen molar-refractivity contribution in [1.29, 1.82) is 0 Å². The van der Waals surface area contributed by atoms with E-state index >= 15 is 0 Å². The van der Waals surface area contributed by atoms with Crippen LogP contribution in [0.25, 0.3) is 0 Å². The molecule has 0 aromatic carbocycles. The summed E-state index contributed by atoms with van der Waals surface area (Å²) in [6.07, 6.45) is 19.7. The summed E-state index contributed by atoms with van der Waals surface area (Å²) in [6, 6.07) is 0. The molecule has 0 aliphatic carbocycles. The van der Waals surface area contributed by atoms with E-state index in [2.05, 4.69) is 5.32 Å². The highest BCUT2D eigenvalue weighted by Crippen LogP contribution is 2.19. The second kappa shape index (κ2) is 15.0. The number of aliphatic carboxylic acids is 1. The number of carboxylic acid groups (broad SMARTS) is 1. The Hall–Kier alpha value is -0.570. The molecule has 0 aromatic heterocycles. The van der Waals surface area contributed by atoms with Crippen LogP contribution in [0.15, 0.2) is 0 Å². The zero-order valence-corrected chi connectivity index (χ0v) is 15.2. The van der Waals surface area contributed by atoms with Crippen LogP contribution in [0.5, 0.6) is 0 Å². The molecule has 1 fully saturated rings. The summed E-state index contributed by atoms with van der Waals surface area (Å²) >= 11 is 0. The minimum absolute atomic E-state index is 0.103. The minimum Gasteiger partial charge on any atom is -0.481 e. The highest BCUT2D eigenvalue weighted by Gasteiger charge is 2.16. The zero-order valence-electron chi connectivity index (χ0n) is 15.2. The molecule has 0 bridgehead atoms. The van der Waals surface area contributed by atoms with E-state index in [4.69, 9.17) is 0 Å². The van der Waals surface area contributed by atoms with Crippen LogP contribution in [0.4, 0.5) is 0 Å². The van der Waals surface area contributed by atoms with Crippen molar-refractivity contribution in [2.45, 2.75) is 103 Å². The van der Waals surface area contributed by atoms with Gasteiger partial charge in [-0.05, 0) is 38.8 Å². The first-order valence-corrected chi connectivity index (χ1v) is 10.2. The number of nitrogens with one attached hydrogen (secondary N) is 1. The minimum atomic E-state index is -0.578. The smallest absolute Gasteiger partial charge is 0.306 e. The fraction of sp³-hybridized carbons (Fsp3) is 0.950. The molecule has 3 nitrogen and oxygen atoms in total. The molecule has 2 N–H and O–H groups in total. The first-order valence-electron chi connectivity index (χ1n) is 10.2. The maximum absolute atomic E-state index is 11.3. The monoisotopic (exact) mass is 325 g/mol. The van der Waals surface area contributed by atoms with Gasteiger partial charge in [0.05, 0.1) is 5.92 Å². The molecule has 1 saturated heterocycles. The van der Waals surface area contributed by atoms with E-state index in [9.17, 15) is 9.90 Å². The Bertz CT molecular complexity index is 261. The van der Waals surface area contributed by atoms with E-state index in [1.165, 1.54) is 70.6 Å². The van der Waals surface area contributed by atoms with Crippen LogP contribution in [-0.4, -0.2) is 24.2 Å². The lowest BCUT2D eigenvalue weighted by atomic mass is 9.94. The molecule has 0 spiro atoms. The number of carboxylic acids is 1. The molecule has 1 unspecified atom stereocenters. The van der Waals surface area contributed by atoms with E-state index in [1.54, 1.807) is 0 Å². The SMILES string of the molecule is O=C(O)C1CCCCCCCCCCCCCNCCCCC1. The molecule has 0 radical (unpaired) electrons. The predicted octanol–water partition coefficient (Wildman–Crippen LogP) is 5.53. The third-order valence-electron chi connectivity index (χ3n) is 5.16. The van der Waals surface area contributed by atoms with Gasteiger partial charge in [-0.1, -0.05) is 77.0 Å². The Balaban J connectivity index is 2.22. The third-order valence-corrected chi connectivity index (χ3v) is 5.16. The van der Waals surface area contributed by atoms with Crippen molar-refractivity contribution < 1.29 is 9.90 Å². The maximum Gasteiger partial charge on any atom is 0.306 e. The molecule has 1 aliphatic heterocycles. The molecule has 3 heteroatoms. The lowest BCUT2D eigenvalue weighted by Gasteiger charge is -2.12. The van der Waals surface area contributed by atoms with Gasteiger partial charge in [0.2, 0.25) is 0 Å². The normalized spacial score (nSPS) is 25.5.